The van der Waals surface area contributed by atoms with Gasteiger partial charge in [0.25, 0.3) is 5.56 Å². The van der Waals surface area contributed by atoms with E-state index >= 15 is 0 Å². The number of pyridine rings is 1. The average Bonchev–Trinajstić information content (AvgIpc) is 3.30. The summed E-state index contributed by atoms with van der Waals surface area (Å²) >= 11 is 6.20. The maximum absolute atomic E-state index is 13.2. The number of furan rings is 1. The molecular formula is C24H23ClN2O3. The highest BCUT2D eigenvalue weighted by atomic mass is 35.5. The van der Waals surface area contributed by atoms with Crippen molar-refractivity contribution in [3.63, 3.8) is 0 Å². The quantitative estimate of drug-likeness (QED) is 0.425. The summed E-state index contributed by atoms with van der Waals surface area (Å²) in [5.74, 6) is 1.61. The molecule has 2 aromatic carbocycles. The van der Waals surface area contributed by atoms with Gasteiger partial charge in [-0.2, -0.15) is 0 Å². The lowest BCUT2D eigenvalue weighted by Gasteiger charge is -2.16. The van der Waals surface area contributed by atoms with E-state index < -0.39 is 0 Å². The van der Waals surface area contributed by atoms with Crippen molar-refractivity contribution in [3.8, 4) is 5.75 Å². The summed E-state index contributed by atoms with van der Waals surface area (Å²) < 4.78 is 13.0. The molecule has 2 heterocycles. The number of halogens is 1. The fraction of sp³-hybridized carbons (Fsp3) is 0.208. The van der Waals surface area contributed by atoms with E-state index in [4.69, 9.17) is 20.8 Å². The number of nitrogens with zero attached hydrogens (tertiary/aromatic N) is 1. The largest absolute Gasteiger partial charge is 0.492 e. The van der Waals surface area contributed by atoms with Crippen LogP contribution in [0.2, 0.25) is 5.02 Å². The van der Waals surface area contributed by atoms with Gasteiger partial charge in [0, 0.05) is 17.1 Å². The normalized spacial score (nSPS) is 12.2. The van der Waals surface area contributed by atoms with E-state index in [2.05, 4.69) is 5.32 Å². The average molecular weight is 423 g/mol. The van der Waals surface area contributed by atoms with E-state index in [1.165, 1.54) is 0 Å². The minimum absolute atomic E-state index is 0.00446. The molecule has 1 unspecified atom stereocenters. The van der Waals surface area contributed by atoms with Gasteiger partial charge >= 0.3 is 0 Å². The summed E-state index contributed by atoms with van der Waals surface area (Å²) in [4.78, 5) is 13.2. The van der Waals surface area contributed by atoms with Gasteiger partial charge in [0.1, 0.15) is 18.1 Å². The summed E-state index contributed by atoms with van der Waals surface area (Å²) in [5.41, 5.74) is 1.43. The lowest BCUT2D eigenvalue weighted by atomic mass is 10.1. The van der Waals surface area contributed by atoms with E-state index in [1.54, 1.807) is 10.8 Å². The first kappa shape index (κ1) is 20.3. The highest BCUT2D eigenvalue weighted by Gasteiger charge is 2.13. The van der Waals surface area contributed by atoms with E-state index in [0.29, 0.717) is 30.3 Å². The molecule has 0 bridgehead atoms. The summed E-state index contributed by atoms with van der Waals surface area (Å²) in [6.45, 7) is 3.24. The number of rotatable bonds is 8. The van der Waals surface area contributed by atoms with Gasteiger partial charge in [0.05, 0.1) is 24.4 Å². The predicted octanol–water partition coefficient (Wildman–Crippen LogP) is 5.18. The zero-order valence-corrected chi connectivity index (χ0v) is 17.4. The second-order valence-corrected chi connectivity index (χ2v) is 7.55. The number of benzene rings is 2. The third kappa shape index (κ3) is 4.58. The molecule has 0 saturated carbocycles. The lowest BCUT2D eigenvalue weighted by Crippen LogP contribution is -2.30. The molecular weight excluding hydrogens is 400 g/mol. The highest BCUT2D eigenvalue weighted by Crippen LogP contribution is 2.20. The Morgan fingerprint density at radius 2 is 1.93 bits per heavy atom. The number of para-hydroxylation sites is 1. The Bertz CT molecular complexity index is 1170. The first-order valence-corrected chi connectivity index (χ1v) is 10.3. The molecule has 1 atom stereocenters. The third-order valence-corrected chi connectivity index (χ3v) is 5.26. The van der Waals surface area contributed by atoms with Crippen molar-refractivity contribution in [2.45, 2.75) is 26.1 Å². The number of hydrogen-bond donors (Lipinski definition) is 1. The van der Waals surface area contributed by atoms with E-state index in [9.17, 15) is 4.79 Å². The molecule has 0 saturated heterocycles. The van der Waals surface area contributed by atoms with Crippen molar-refractivity contribution in [2.24, 2.45) is 0 Å². The zero-order chi connectivity index (χ0) is 20.9. The number of nitrogens with one attached hydrogen (secondary N) is 1. The molecule has 154 valence electrons. The second-order valence-electron chi connectivity index (χ2n) is 7.11. The smallest absolute Gasteiger partial charge is 0.255 e. The maximum atomic E-state index is 13.2. The van der Waals surface area contributed by atoms with Gasteiger partial charge in [0.15, 0.2) is 0 Å². The molecule has 0 fully saturated rings. The summed E-state index contributed by atoms with van der Waals surface area (Å²) in [6, 6.07) is 20.9. The van der Waals surface area contributed by atoms with Gasteiger partial charge in [-0.3, -0.25) is 4.79 Å². The van der Waals surface area contributed by atoms with Crippen LogP contribution in [0.3, 0.4) is 0 Å². The molecule has 1 N–H and O–H groups in total. The Morgan fingerprint density at radius 3 is 2.70 bits per heavy atom. The molecule has 0 amide bonds. The first-order valence-electron chi connectivity index (χ1n) is 9.88. The minimum atomic E-state index is -0.0550. The Morgan fingerprint density at radius 1 is 1.10 bits per heavy atom. The topological polar surface area (TPSA) is 56.4 Å². The molecule has 2 aromatic heterocycles. The zero-order valence-electron chi connectivity index (χ0n) is 16.7. The van der Waals surface area contributed by atoms with Crippen molar-refractivity contribution >= 4 is 22.5 Å². The predicted molar refractivity (Wildman–Crippen MR) is 119 cm³/mol. The Labute approximate surface area is 179 Å². The monoisotopic (exact) mass is 422 g/mol. The maximum Gasteiger partial charge on any atom is 0.255 e. The van der Waals surface area contributed by atoms with Gasteiger partial charge in [-0.15, -0.1) is 0 Å². The molecule has 5 nitrogen and oxygen atoms in total. The Balaban J connectivity index is 1.59. The van der Waals surface area contributed by atoms with E-state index in [0.717, 1.165) is 22.4 Å². The van der Waals surface area contributed by atoms with Gasteiger partial charge in [-0.1, -0.05) is 35.9 Å². The lowest BCUT2D eigenvalue weighted by molar-refractivity contribution is 0.298. The molecule has 4 rings (SSSR count). The molecule has 0 aliphatic rings. The van der Waals surface area contributed by atoms with Crippen LogP contribution in [0, 0.1) is 0 Å². The SMILES string of the molecule is CC(NCc1cc2ccc(Cl)cc2n(CCOc2ccccc2)c1=O)c1ccco1. The van der Waals surface area contributed by atoms with Crippen LogP contribution in [0.1, 0.15) is 24.3 Å². The van der Waals surface area contributed by atoms with Gasteiger partial charge < -0.3 is 19.0 Å². The van der Waals surface area contributed by atoms with Crippen molar-refractivity contribution in [3.05, 3.63) is 99.7 Å². The fourth-order valence-electron chi connectivity index (χ4n) is 3.43. The van der Waals surface area contributed by atoms with Crippen molar-refractivity contribution in [1.82, 2.24) is 9.88 Å². The van der Waals surface area contributed by atoms with Crippen LogP contribution in [0.5, 0.6) is 5.75 Å². The standard InChI is InChI=1S/C24H23ClN2O3/c1-17(23-8-5-12-30-23)26-16-19-14-18-9-10-20(25)15-22(18)27(24(19)28)11-13-29-21-6-3-2-4-7-21/h2-10,12,14-15,17,26H,11,13,16H2,1H3. The van der Waals surface area contributed by atoms with Crippen molar-refractivity contribution in [2.75, 3.05) is 6.61 Å². The van der Waals surface area contributed by atoms with Crippen molar-refractivity contribution in [1.29, 1.82) is 0 Å². The van der Waals surface area contributed by atoms with Gasteiger partial charge in [-0.25, -0.2) is 0 Å². The fourth-order valence-corrected chi connectivity index (χ4v) is 3.59. The van der Waals surface area contributed by atoms with Gasteiger partial charge in [-0.05, 0) is 54.8 Å². The molecule has 6 heteroatoms. The summed E-state index contributed by atoms with van der Waals surface area (Å²) in [7, 11) is 0. The van der Waals surface area contributed by atoms with Gasteiger partial charge in [0.2, 0.25) is 0 Å². The number of hydrogen-bond acceptors (Lipinski definition) is 4. The van der Waals surface area contributed by atoms with Crippen LogP contribution in [0.15, 0.2) is 82.2 Å². The Hall–Kier alpha value is -3.02. The van der Waals surface area contributed by atoms with Crippen LogP contribution < -0.4 is 15.6 Å². The van der Waals surface area contributed by atoms with E-state index in [1.807, 2.05) is 73.7 Å². The summed E-state index contributed by atoms with van der Waals surface area (Å²) in [6.07, 6.45) is 1.65. The van der Waals surface area contributed by atoms with Crippen LogP contribution in [0.25, 0.3) is 10.9 Å². The first-order chi connectivity index (χ1) is 14.6. The molecule has 0 radical (unpaired) electrons. The van der Waals surface area contributed by atoms with Crippen LogP contribution in [0.4, 0.5) is 0 Å². The highest BCUT2D eigenvalue weighted by molar-refractivity contribution is 6.31. The van der Waals surface area contributed by atoms with Crippen molar-refractivity contribution < 1.29 is 9.15 Å². The molecule has 0 spiro atoms. The van der Waals surface area contributed by atoms with Crippen LogP contribution in [-0.2, 0) is 13.1 Å². The number of fused-ring (bicyclic) bond motifs is 1. The van der Waals surface area contributed by atoms with Crippen LogP contribution in [-0.4, -0.2) is 11.2 Å². The molecule has 0 aliphatic heterocycles. The molecule has 0 aliphatic carbocycles. The van der Waals surface area contributed by atoms with E-state index in [-0.39, 0.29) is 11.6 Å². The molecule has 4 aromatic rings. The Kier molecular flexibility index (Phi) is 6.21. The molecule has 30 heavy (non-hydrogen) atoms. The summed E-state index contributed by atoms with van der Waals surface area (Å²) in [5, 5.41) is 4.92. The number of ether oxygens (including phenoxy) is 1. The minimum Gasteiger partial charge on any atom is -0.492 e. The number of aromatic nitrogens is 1. The third-order valence-electron chi connectivity index (χ3n) is 5.03. The van der Waals surface area contributed by atoms with Crippen LogP contribution >= 0.6 is 11.6 Å². The second kappa shape index (κ2) is 9.20.